The third-order valence-corrected chi connectivity index (χ3v) is 5.27. The van der Waals surface area contributed by atoms with Crippen LogP contribution in [0, 0.1) is 0 Å². The maximum atomic E-state index is 12.4. The largest absolute Gasteiger partial charge is 0.497 e. The number of methoxy groups -OCH3 is 1. The molecule has 1 amide bonds. The number of anilines is 1. The number of hydrogen-bond acceptors (Lipinski definition) is 5. The summed E-state index contributed by atoms with van der Waals surface area (Å²) in [5.74, 6) is 0.581. The number of aryl methyl sites for hydroxylation is 2. The van der Waals surface area contributed by atoms with Gasteiger partial charge in [0.05, 0.1) is 19.6 Å². The molecule has 3 rings (SSSR count). The van der Waals surface area contributed by atoms with Crippen LogP contribution in [0.3, 0.4) is 0 Å². The van der Waals surface area contributed by atoms with Gasteiger partial charge in [0.1, 0.15) is 11.6 Å². The molecule has 1 unspecified atom stereocenters. The van der Waals surface area contributed by atoms with E-state index in [2.05, 4.69) is 27.8 Å². The first-order chi connectivity index (χ1) is 14.5. The second-order valence-corrected chi connectivity index (χ2v) is 7.54. The minimum atomic E-state index is -0.955. The molecule has 0 saturated carbocycles. The second kappa shape index (κ2) is 10.6. The number of nitrogens with one attached hydrogen (secondary N) is 2. The van der Waals surface area contributed by atoms with Crippen molar-refractivity contribution in [3.05, 3.63) is 53.2 Å². The summed E-state index contributed by atoms with van der Waals surface area (Å²) in [6.07, 6.45) is 4.80. The molecule has 1 aromatic carbocycles. The van der Waals surface area contributed by atoms with Gasteiger partial charge in [0.25, 0.3) is 0 Å². The Kier molecular flexibility index (Phi) is 7.65. The fraction of sp³-hybridized carbons (Fsp3) is 0.435. The summed E-state index contributed by atoms with van der Waals surface area (Å²) in [6, 6.07) is 10.7. The Bertz CT molecular complexity index is 867. The molecule has 1 aliphatic heterocycles. The Morgan fingerprint density at radius 3 is 2.73 bits per heavy atom. The first kappa shape index (κ1) is 21.6. The highest BCUT2D eigenvalue weighted by Crippen LogP contribution is 2.22. The number of carboxylic acids is 1. The van der Waals surface area contributed by atoms with Gasteiger partial charge in [-0.15, -0.1) is 0 Å². The van der Waals surface area contributed by atoms with E-state index in [0.717, 1.165) is 55.7 Å². The van der Waals surface area contributed by atoms with Gasteiger partial charge < -0.3 is 20.5 Å². The Morgan fingerprint density at radius 2 is 2.00 bits per heavy atom. The molecule has 1 aromatic heterocycles. The second-order valence-electron chi connectivity index (χ2n) is 7.54. The molecule has 0 bridgehead atoms. The number of benzene rings is 1. The molecule has 0 spiro atoms. The maximum absolute atomic E-state index is 12.4. The van der Waals surface area contributed by atoms with Crippen LogP contribution in [0.15, 0.2) is 36.4 Å². The van der Waals surface area contributed by atoms with Gasteiger partial charge in [-0.2, -0.15) is 0 Å². The molecular formula is C23H29N3O4. The lowest BCUT2D eigenvalue weighted by Crippen LogP contribution is -2.30. The van der Waals surface area contributed by atoms with E-state index >= 15 is 0 Å². The van der Waals surface area contributed by atoms with Crippen molar-refractivity contribution in [3.8, 4) is 5.75 Å². The lowest BCUT2D eigenvalue weighted by atomic mass is 10.0. The van der Waals surface area contributed by atoms with Gasteiger partial charge in [0.2, 0.25) is 5.91 Å². The van der Waals surface area contributed by atoms with Crippen molar-refractivity contribution >= 4 is 17.7 Å². The van der Waals surface area contributed by atoms with E-state index in [0.29, 0.717) is 12.2 Å². The number of carboxylic acid groups (broad SMARTS) is 1. The van der Waals surface area contributed by atoms with Crippen LogP contribution >= 0.6 is 0 Å². The zero-order valence-corrected chi connectivity index (χ0v) is 17.3. The molecule has 0 radical (unpaired) electrons. The Hall–Kier alpha value is -3.09. The molecule has 7 heteroatoms. The van der Waals surface area contributed by atoms with Crippen molar-refractivity contribution in [1.29, 1.82) is 0 Å². The normalized spacial score (nSPS) is 13.6. The van der Waals surface area contributed by atoms with Gasteiger partial charge in [-0.25, -0.2) is 4.98 Å². The van der Waals surface area contributed by atoms with Gasteiger partial charge in [-0.3, -0.25) is 9.59 Å². The number of aromatic nitrogens is 1. The fourth-order valence-electron chi connectivity index (χ4n) is 3.63. The molecule has 1 aliphatic rings. The summed E-state index contributed by atoms with van der Waals surface area (Å²) in [6.45, 7) is 0.968. The predicted octanol–water partition coefficient (Wildman–Crippen LogP) is 3.49. The van der Waals surface area contributed by atoms with Crippen LogP contribution in [0.5, 0.6) is 5.75 Å². The third kappa shape index (κ3) is 6.20. The predicted molar refractivity (Wildman–Crippen MR) is 115 cm³/mol. The quantitative estimate of drug-likeness (QED) is 0.518. The van der Waals surface area contributed by atoms with Crippen LogP contribution in [-0.2, 0) is 22.4 Å². The lowest BCUT2D eigenvalue weighted by Gasteiger charge is -2.18. The Balaban J connectivity index is 1.47. The number of nitrogens with zero attached hydrogens (tertiary/aromatic N) is 1. The fourth-order valence-corrected chi connectivity index (χ4v) is 3.63. The van der Waals surface area contributed by atoms with Crippen LogP contribution < -0.4 is 15.4 Å². The number of carbonyl (C=O) groups excluding carboxylic acids is 1. The van der Waals surface area contributed by atoms with E-state index in [-0.39, 0.29) is 12.3 Å². The van der Waals surface area contributed by atoms with Crippen molar-refractivity contribution in [2.45, 2.75) is 51.0 Å². The maximum Gasteiger partial charge on any atom is 0.305 e. The van der Waals surface area contributed by atoms with Crippen LogP contribution in [-0.4, -0.2) is 35.6 Å². The molecule has 0 aliphatic carbocycles. The minimum Gasteiger partial charge on any atom is -0.497 e. The van der Waals surface area contributed by atoms with E-state index < -0.39 is 12.0 Å². The molecule has 0 fully saturated rings. The summed E-state index contributed by atoms with van der Waals surface area (Å²) in [5.41, 5.74) is 3.05. The summed E-state index contributed by atoms with van der Waals surface area (Å²) < 4.78 is 5.13. The van der Waals surface area contributed by atoms with Gasteiger partial charge in [0, 0.05) is 18.7 Å². The van der Waals surface area contributed by atoms with Crippen molar-refractivity contribution in [2.24, 2.45) is 0 Å². The monoisotopic (exact) mass is 411 g/mol. The summed E-state index contributed by atoms with van der Waals surface area (Å²) in [5, 5.41) is 15.4. The summed E-state index contributed by atoms with van der Waals surface area (Å²) in [4.78, 5) is 28.3. The first-order valence-electron chi connectivity index (χ1n) is 10.4. The average Bonchev–Trinajstić information content (AvgIpc) is 2.76. The van der Waals surface area contributed by atoms with E-state index in [1.807, 2.05) is 0 Å². The average molecular weight is 412 g/mol. The van der Waals surface area contributed by atoms with Crippen LogP contribution in [0.2, 0.25) is 0 Å². The zero-order valence-electron chi connectivity index (χ0n) is 17.3. The minimum absolute atomic E-state index is 0.142. The van der Waals surface area contributed by atoms with Crippen molar-refractivity contribution < 1.29 is 19.4 Å². The van der Waals surface area contributed by atoms with Gasteiger partial charge >= 0.3 is 5.97 Å². The number of amides is 1. The molecule has 3 N–H and O–H groups in total. The van der Waals surface area contributed by atoms with E-state index in [1.165, 1.54) is 5.56 Å². The molecule has 7 nitrogen and oxygen atoms in total. The van der Waals surface area contributed by atoms with Crippen molar-refractivity contribution in [1.82, 2.24) is 10.3 Å². The Morgan fingerprint density at radius 1 is 1.20 bits per heavy atom. The molecule has 160 valence electrons. The van der Waals surface area contributed by atoms with Crippen LogP contribution in [0.4, 0.5) is 5.82 Å². The molecular weight excluding hydrogens is 382 g/mol. The van der Waals surface area contributed by atoms with Gasteiger partial charge in [-0.1, -0.05) is 18.2 Å². The molecule has 2 aromatic rings. The van der Waals surface area contributed by atoms with E-state index in [1.54, 1.807) is 31.4 Å². The number of hydrogen-bond donors (Lipinski definition) is 3. The molecule has 0 saturated heterocycles. The number of fused-ring (bicyclic) bond motifs is 1. The van der Waals surface area contributed by atoms with Crippen molar-refractivity contribution in [3.63, 3.8) is 0 Å². The lowest BCUT2D eigenvalue weighted by molar-refractivity contribution is -0.137. The highest BCUT2D eigenvalue weighted by molar-refractivity contribution is 5.77. The smallest absolute Gasteiger partial charge is 0.305 e. The van der Waals surface area contributed by atoms with Crippen molar-refractivity contribution in [2.75, 3.05) is 19.0 Å². The summed E-state index contributed by atoms with van der Waals surface area (Å²) >= 11 is 0. The highest BCUT2D eigenvalue weighted by Gasteiger charge is 2.18. The van der Waals surface area contributed by atoms with Crippen LogP contribution in [0.25, 0.3) is 0 Å². The van der Waals surface area contributed by atoms with Crippen LogP contribution in [0.1, 0.15) is 55.0 Å². The number of ether oxygens (including phenoxy) is 1. The SMILES string of the molecule is COc1ccc(C(CC(=O)O)NC(=O)CCCCc2ccc3c(n2)NCCC3)cc1. The topological polar surface area (TPSA) is 101 Å². The molecule has 2 heterocycles. The first-order valence-corrected chi connectivity index (χ1v) is 10.4. The summed E-state index contributed by atoms with van der Waals surface area (Å²) in [7, 11) is 1.57. The number of unbranched alkanes of at least 4 members (excludes halogenated alkanes) is 1. The number of carbonyl (C=O) groups is 2. The highest BCUT2D eigenvalue weighted by atomic mass is 16.5. The number of rotatable bonds is 10. The standard InChI is InChI=1S/C23H29N3O4/c1-30-19-12-9-16(10-13-19)20(15-22(28)29)26-21(27)7-3-2-6-18-11-8-17-5-4-14-24-23(17)25-18/h8-13,20H,2-7,14-15H2,1H3,(H,24,25)(H,26,27)(H,28,29). The van der Waals surface area contributed by atoms with Gasteiger partial charge in [0.15, 0.2) is 0 Å². The molecule has 1 atom stereocenters. The number of aliphatic carboxylic acids is 1. The third-order valence-electron chi connectivity index (χ3n) is 5.27. The van der Waals surface area contributed by atoms with E-state index in [4.69, 9.17) is 4.74 Å². The molecule has 30 heavy (non-hydrogen) atoms. The van der Waals surface area contributed by atoms with Gasteiger partial charge in [-0.05, 0) is 61.4 Å². The Labute approximate surface area is 176 Å². The number of pyridine rings is 1. The zero-order chi connectivity index (χ0) is 21.3. The van der Waals surface area contributed by atoms with E-state index in [9.17, 15) is 14.7 Å².